The molecular weight excluding hydrogens is 246 g/mol. The van der Waals surface area contributed by atoms with Crippen molar-refractivity contribution in [3.63, 3.8) is 0 Å². The van der Waals surface area contributed by atoms with Crippen LogP contribution in [-0.4, -0.2) is 24.1 Å². The number of pyridine rings is 1. The van der Waals surface area contributed by atoms with Crippen molar-refractivity contribution < 1.29 is 0 Å². The SMILES string of the molecule is CCCC1CCN(c2ccc(CNC3CC3)cn2)CC1. The second-order valence-corrected chi connectivity index (χ2v) is 6.40. The van der Waals surface area contributed by atoms with E-state index in [1.807, 2.05) is 6.20 Å². The van der Waals surface area contributed by atoms with Crippen LogP contribution >= 0.6 is 0 Å². The molecule has 0 radical (unpaired) electrons. The Morgan fingerprint density at radius 1 is 1.20 bits per heavy atom. The third-order valence-electron chi connectivity index (χ3n) is 4.62. The zero-order valence-corrected chi connectivity index (χ0v) is 12.6. The first-order chi connectivity index (χ1) is 9.85. The summed E-state index contributed by atoms with van der Waals surface area (Å²) in [5.74, 6) is 2.10. The van der Waals surface area contributed by atoms with Gasteiger partial charge in [-0.3, -0.25) is 0 Å². The van der Waals surface area contributed by atoms with Gasteiger partial charge in [-0.05, 0) is 43.2 Å². The summed E-state index contributed by atoms with van der Waals surface area (Å²) in [6.07, 6.45) is 10.1. The van der Waals surface area contributed by atoms with Crippen LogP contribution in [0, 0.1) is 5.92 Å². The summed E-state index contributed by atoms with van der Waals surface area (Å²) in [4.78, 5) is 7.11. The third kappa shape index (κ3) is 3.72. The summed E-state index contributed by atoms with van der Waals surface area (Å²) in [6.45, 7) is 5.62. The Morgan fingerprint density at radius 2 is 2.00 bits per heavy atom. The maximum absolute atomic E-state index is 4.66. The van der Waals surface area contributed by atoms with Gasteiger partial charge in [-0.15, -0.1) is 0 Å². The molecule has 0 atom stereocenters. The molecule has 0 aromatic carbocycles. The highest BCUT2D eigenvalue weighted by atomic mass is 15.2. The van der Waals surface area contributed by atoms with Crippen LogP contribution in [0.4, 0.5) is 5.82 Å². The molecule has 1 aromatic rings. The molecule has 1 aliphatic heterocycles. The van der Waals surface area contributed by atoms with E-state index in [2.05, 4.69) is 34.3 Å². The zero-order valence-electron chi connectivity index (χ0n) is 12.6. The van der Waals surface area contributed by atoms with Gasteiger partial charge in [0.25, 0.3) is 0 Å². The van der Waals surface area contributed by atoms with E-state index in [4.69, 9.17) is 0 Å². The molecule has 2 heterocycles. The van der Waals surface area contributed by atoms with Gasteiger partial charge in [0.15, 0.2) is 0 Å². The first kappa shape index (κ1) is 13.9. The minimum atomic E-state index is 0.771. The fraction of sp³-hybridized carbons (Fsp3) is 0.706. The van der Waals surface area contributed by atoms with Gasteiger partial charge in [0, 0.05) is 31.9 Å². The summed E-state index contributed by atoms with van der Waals surface area (Å²) in [7, 11) is 0. The Hall–Kier alpha value is -1.09. The van der Waals surface area contributed by atoms with Crippen molar-refractivity contribution in [1.29, 1.82) is 0 Å². The fourth-order valence-electron chi connectivity index (χ4n) is 3.12. The normalized spacial score (nSPS) is 20.4. The van der Waals surface area contributed by atoms with E-state index in [9.17, 15) is 0 Å². The lowest BCUT2D eigenvalue weighted by Gasteiger charge is -2.32. The third-order valence-corrected chi connectivity index (χ3v) is 4.62. The molecule has 1 N–H and O–H groups in total. The predicted molar refractivity (Wildman–Crippen MR) is 83.9 cm³/mol. The molecule has 0 spiro atoms. The van der Waals surface area contributed by atoms with Crippen molar-refractivity contribution in [2.75, 3.05) is 18.0 Å². The lowest BCUT2D eigenvalue weighted by molar-refractivity contribution is 0.377. The molecule has 0 bridgehead atoms. The number of anilines is 1. The zero-order chi connectivity index (χ0) is 13.8. The molecule has 3 rings (SSSR count). The topological polar surface area (TPSA) is 28.2 Å². The summed E-state index contributed by atoms with van der Waals surface area (Å²) in [6, 6.07) is 5.20. The van der Waals surface area contributed by atoms with Gasteiger partial charge in [-0.2, -0.15) is 0 Å². The average molecular weight is 273 g/mol. The molecule has 1 aromatic heterocycles. The fourth-order valence-corrected chi connectivity index (χ4v) is 3.12. The number of nitrogens with one attached hydrogen (secondary N) is 1. The van der Waals surface area contributed by atoms with Gasteiger partial charge in [-0.1, -0.05) is 25.8 Å². The van der Waals surface area contributed by atoms with Crippen molar-refractivity contribution in [2.24, 2.45) is 5.92 Å². The Kier molecular flexibility index (Phi) is 4.56. The molecule has 2 aliphatic rings. The molecule has 0 amide bonds. The van der Waals surface area contributed by atoms with Crippen LogP contribution in [-0.2, 0) is 6.54 Å². The van der Waals surface area contributed by atoms with Crippen LogP contribution in [0.25, 0.3) is 0 Å². The van der Waals surface area contributed by atoms with Crippen LogP contribution in [0.5, 0.6) is 0 Å². The number of hydrogen-bond donors (Lipinski definition) is 1. The molecule has 1 aliphatic carbocycles. The minimum absolute atomic E-state index is 0.771. The van der Waals surface area contributed by atoms with Gasteiger partial charge in [-0.25, -0.2) is 4.98 Å². The van der Waals surface area contributed by atoms with Gasteiger partial charge >= 0.3 is 0 Å². The molecule has 1 saturated carbocycles. The van der Waals surface area contributed by atoms with Crippen LogP contribution in [0.2, 0.25) is 0 Å². The minimum Gasteiger partial charge on any atom is -0.357 e. The van der Waals surface area contributed by atoms with E-state index < -0.39 is 0 Å². The van der Waals surface area contributed by atoms with Gasteiger partial charge < -0.3 is 10.2 Å². The van der Waals surface area contributed by atoms with Crippen LogP contribution < -0.4 is 10.2 Å². The van der Waals surface area contributed by atoms with E-state index in [-0.39, 0.29) is 0 Å². The smallest absolute Gasteiger partial charge is 0.128 e. The highest BCUT2D eigenvalue weighted by Crippen LogP contribution is 2.25. The second kappa shape index (κ2) is 6.57. The predicted octanol–water partition coefficient (Wildman–Crippen LogP) is 3.35. The molecular formula is C17H27N3. The number of nitrogens with zero attached hydrogens (tertiary/aromatic N) is 2. The number of rotatable bonds is 6. The Labute approximate surface area is 122 Å². The van der Waals surface area contributed by atoms with E-state index in [1.54, 1.807) is 0 Å². The molecule has 3 heteroatoms. The standard InChI is InChI=1S/C17H27N3/c1-2-3-14-8-10-20(11-9-14)17-7-4-15(13-19-17)12-18-16-5-6-16/h4,7,13-14,16,18H,2-3,5-6,8-12H2,1H3. The van der Waals surface area contributed by atoms with E-state index in [0.717, 1.165) is 24.3 Å². The second-order valence-electron chi connectivity index (χ2n) is 6.40. The van der Waals surface area contributed by atoms with Gasteiger partial charge in [0.05, 0.1) is 0 Å². The van der Waals surface area contributed by atoms with Crippen molar-refractivity contribution in [2.45, 2.75) is 58.0 Å². The highest BCUT2D eigenvalue weighted by Gasteiger charge is 2.21. The van der Waals surface area contributed by atoms with Gasteiger partial charge in [0.2, 0.25) is 0 Å². The molecule has 20 heavy (non-hydrogen) atoms. The van der Waals surface area contributed by atoms with E-state index >= 15 is 0 Å². The van der Waals surface area contributed by atoms with Gasteiger partial charge in [0.1, 0.15) is 5.82 Å². The first-order valence-corrected chi connectivity index (χ1v) is 8.28. The lowest BCUT2D eigenvalue weighted by atomic mass is 9.92. The molecule has 110 valence electrons. The van der Waals surface area contributed by atoms with Crippen LogP contribution in [0.15, 0.2) is 18.3 Å². The summed E-state index contributed by atoms with van der Waals surface area (Å²) in [5, 5.41) is 3.54. The highest BCUT2D eigenvalue weighted by molar-refractivity contribution is 5.39. The molecule has 3 nitrogen and oxygen atoms in total. The number of piperidine rings is 1. The summed E-state index contributed by atoms with van der Waals surface area (Å²) in [5.41, 5.74) is 1.31. The number of aromatic nitrogens is 1. The Bertz CT molecular complexity index is 403. The molecule has 0 unspecified atom stereocenters. The Balaban J connectivity index is 1.49. The van der Waals surface area contributed by atoms with Crippen molar-refractivity contribution in [3.8, 4) is 0 Å². The maximum atomic E-state index is 4.66. The monoisotopic (exact) mass is 273 g/mol. The average Bonchev–Trinajstić information content (AvgIpc) is 3.31. The van der Waals surface area contributed by atoms with Crippen molar-refractivity contribution in [1.82, 2.24) is 10.3 Å². The summed E-state index contributed by atoms with van der Waals surface area (Å²) < 4.78 is 0. The van der Waals surface area contributed by atoms with Crippen molar-refractivity contribution in [3.05, 3.63) is 23.9 Å². The molecule has 1 saturated heterocycles. The molecule has 2 fully saturated rings. The van der Waals surface area contributed by atoms with Crippen LogP contribution in [0.1, 0.15) is 51.0 Å². The lowest BCUT2D eigenvalue weighted by Crippen LogP contribution is -2.34. The van der Waals surface area contributed by atoms with E-state index in [0.29, 0.717) is 0 Å². The van der Waals surface area contributed by atoms with Crippen molar-refractivity contribution >= 4 is 5.82 Å². The quantitative estimate of drug-likeness (QED) is 0.861. The first-order valence-electron chi connectivity index (χ1n) is 8.28. The number of hydrogen-bond acceptors (Lipinski definition) is 3. The summed E-state index contributed by atoms with van der Waals surface area (Å²) >= 11 is 0. The van der Waals surface area contributed by atoms with Crippen LogP contribution in [0.3, 0.4) is 0 Å². The largest absolute Gasteiger partial charge is 0.357 e. The van der Waals surface area contributed by atoms with E-state index in [1.165, 1.54) is 57.2 Å². The maximum Gasteiger partial charge on any atom is 0.128 e. The Morgan fingerprint density at radius 3 is 2.60 bits per heavy atom.